The molecule has 1 saturated heterocycles. The Balaban J connectivity index is 2.66. The van der Waals surface area contributed by atoms with E-state index in [4.69, 9.17) is 5.84 Å². The van der Waals surface area contributed by atoms with Crippen LogP contribution in [0.25, 0.3) is 0 Å². The highest BCUT2D eigenvalue weighted by atomic mass is 31.0. The summed E-state index contributed by atoms with van der Waals surface area (Å²) in [5, 5.41) is 0.677. The van der Waals surface area contributed by atoms with Crippen LogP contribution in [0.1, 0.15) is 0 Å². The lowest BCUT2D eigenvalue weighted by atomic mass is 10.4. The van der Waals surface area contributed by atoms with Crippen molar-refractivity contribution in [3.05, 3.63) is 0 Å². The molecule has 0 amide bonds. The number of hydrogen-bond acceptors (Lipinski definition) is 3. The van der Waals surface area contributed by atoms with E-state index in [9.17, 15) is 13.2 Å². The van der Waals surface area contributed by atoms with Gasteiger partial charge in [-0.15, -0.1) is 0 Å². The molecule has 0 saturated carbocycles. The van der Waals surface area contributed by atoms with Crippen LogP contribution in [0, 0.1) is 0 Å². The molecule has 0 aromatic carbocycles. The normalized spacial score (nSPS) is 39.0. The van der Waals surface area contributed by atoms with Crippen LogP contribution in [-0.2, 0) is 4.74 Å². The maximum Gasteiger partial charge on any atom is 0.372 e. The number of nitrogens with two attached hydrogens (primary N) is 1. The van der Waals surface area contributed by atoms with E-state index in [1.807, 2.05) is 0 Å². The van der Waals surface area contributed by atoms with Crippen molar-refractivity contribution in [3.8, 4) is 0 Å². The summed E-state index contributed by atoms with van der Waals surface area (Å²) in [5.74, 6) is 5.01. The molecule has 0 aromatic heterocycles. The van der Waals surface area contributed by atoms with Crippen molar-refractivity contribution in [1.82, 2.24) is 5.01 Å². The van der Waals surface area contributed by atoms with Gasteiger partial charge in [0.1, 0.15) is 6.54 Å². The Morgan fingerprint density at radius 3 is 2.27 bits per heavy atom. The van der Waals surface area contributed by atoms with Gasteiger partial charge in [-0.1, -0.05) is 9.24 Å². The first-order valence-corrected chi connectivity index (χ1v) is 3.44. The zero-order valence-corrected chi connectivity index (χ0v) is 6.71. The molecule has 0 aliphatic carbocycles. The van der Waals surface area contributed by atoms with Gasteiger partial charge in [-0.05, 0) is 0 Å². The van der Waals surface area contributed by atoms with E-state index in [1.54, 1.807) is 0 Å². The molecular formula is C4H8F3N2OP. The van der Waals surface area contributed by atoms with Crippen molar-refractivity contribution in [1.29, 1.82) is 0 Å². The Morgan fingerprint density at radius 2 is 1.91 bits per heavy atom. The Bertz CT molecular complexity index is 149. The van der Waals surface area contributed by atoms with Crippen LogP contribution in [-0.4, -0.2) is 29.8 Å². The average Bonchev–Trinajstić information content (AvgIpc) is 1.49. The summed E-state index contributed by atoms with van der Waals surface area (Å²) >= 11 is 0. The minimum Gasteiger partial charge on any atom is -0.277 e. The fourth-order valence-corrected chi connectivity index (χ4v) is 1.29. The number of hydrazine groups is 1. The monoisotopic (exact) mass is 188 g/mol. The molecule has 1 heterocycles. The number of nitrogens with zero attached hydrogens (tertiary/aromatic N) is 1. The van der Waals surface area contributed by atoms with Crippen LogP contribution in [0.5, 0.6) is 0 Å². The molecule has 3 nitrogen and oxygen atoms in total. The fourth-order valence-electron chi connectivity index (χ4n) is 0.882. The first-order valence-electron chi connectivity index (χ1n) is 2.86. The Morgan fingerprint density at radius 1 is 1.36 bits per heavy atom. The highest BCUT2D eigenvalue weighted by molar-refractivity contribution is 7.18. The third-order valence-electron chi connectivity index (χ3n) is 1.12. The van der Waals surface area contributed by atoms with E-state index in [-0.39, 0.29) is 6.54 Å². The van der Waals surface area contributed by atoms with Crippen LogP contribution in [0.3, 0.4) is 0 Å². The molecule has 0 aromatic rings. The average molecular weight is 188 g/mol. The highest BCUT2D eigenvalue weighted by Crippen LogP contribution is 2.35. The van der Waals surface area contributed by atoms with Gasteiger partial charge in [-0.25, -0.2) is 9.40 Å². The van der Waals surface area contributed by atoms with Gasteiger partial charge in [0.05, 0.1) is 6.54 Å². The van der Waals surface area contributed by atoms with Gasteiger partial charge < -0.3 is 0 Å². The third kappa shape index (κ3) is 2.56. The van der Waals surface area contributed by atoms with Crippen LogP contribution in [0.4, 0.5) is 13.2 Å². The van der Waals surface area contributed by atoms with Gasteiger partial charge in [-0.2, -0.15) is 8.78 Å². The Hall–Kier alpha value is 0.100. The van der Waals surface area contributed by atoms with Crippen LogP contribution < -0.4 is 5.84 Å². The molecule has 11 heavy (non-hydrogen) atoms. The number of morpholine rings is 1. The van der Waals surface area contributed by atoms with Gasteiger partial charge in [0, 0.05) is 0 Å². The molecule has 2 unspecified atom stereocenters. The quantitative estimate of drug-likeness (QED) is 0.438. The predicted octanol–water partition coefficient (Wildman–Crippen LogP) is 0.284. The molecule has 1 aliphatic heterocycles. The second-order valence-corrected chi connectivity index (χ2v) is 3.29. The maximum absolute atomic E-state index is 12.8. The fraction of sp³-hybridized carbons (Fsp3) is 1.00. The maximum atomic E-state index is 12.8. The SMILES string of the molecule is NN1CC(F)(F)OC(F)(P)C1. The molecule has 0 radical (unpaired) electrons. The molecule has 1 fully saturated rings. The Labute approximate surface area is 63.8 Å². The van der Waals surface area contributed by atoms with Crippen LogP contribution >= 0.6 is 9.24 Å². The lowest BCUT2D eigenvalue weighted by Gasteiger charge is -2.36. The summed E-state index contributed by atoms with van der Waals surface area (Å²) in [4.78, 5) is 0. The van der Waals surface area contributed by atoms with E-state index in [1.165, 1.54) is 9.24 Å². The summed E-state index contributed by atoms with van der Waals surface area (Å²) in [7, 11) is 1.54. The van der Waals surface area contributed by atoms with E-state index in [2.05, 4.69) is 4.74 Å². The van der Waals surface area contributed by atoms with Crippen molar-refractivity contribution in [2.45, 2.75) is 11.7 Å². The molecule has 2 N–H and O–H groups in total. The molecule has 1 aliphatic rings. The molecule has 7 heteroatoms. The summed E-state index contributed by atoms with van der Waals surface area (Å²) in [6, 6.07) is 0. The Kier molecular flexibility index (Phi) is 2.13. The van der Waals surface area contributed by atoms with E-state index in [0.717, 1.165) is 0 Å². The number of alkyl halides is 3. The minimum atomic E-state index is -3.51. The number of hydrogen-bond donors (Lipinski definition) is 1. The predicted molar refractivity (Wildman–Crippen MR) is 35.3 cm³/mol. The number of rotatable bonds is 0. The summed E-state index contributed by atoms with van der Waals surface area (Å²) in [6.07, 6.45) is -3.51. The van der Waals surface area contributed by atoms with Gasteiger partial charge in [0.2, 0.25) is 5.60 Å². The van der Waals surface area contributed by atoms with Gasteiger partial charge in [0.15, 0.2) is 0 Å². The molecule has 0 bridgehead atoms. The second kappa shape index (κ2) is 2.55. The third-order valence-corrected chi connectivity index (χ3v) is 1.43. The lowest BCUT2D eigenvalue weighted by molar-refractivity contribution is -0.335. The van der Waals surface area contributed by atoms with E-state index < -0.39 is 18.2 Å². The van der Waals surface area contributed by atoms with Gasteiger partial charge in [-0.3, -0.25) is 10.6 Å². The van der Waals surface area contributed by atoms with Crippen LogP contribution in [0.2, 0.25) is 0 Å². The summed E-state index contributed by atoms with van der Waals surface area (Å²) in [6.45, 7) is -1.17. The molecule has 0 spiro atoms. The van der Waals surface area contributed by atoms with Crippen molar-refractivity contribution in [2.24, 2.45) is 5.84 Å². The summed E-state index contributed by atoms with van der Waals surface area (Å²) in [5.41, 5.74) is -2.45. The van der Waals surface area contributed by atoms with Crippen molar-refractivity contribution < 1.29 is 17.9 Å². The molecule has 2 atom stereocenters. The molecular weight excluding hydrogens is 180 g/mol. The second-order valence-electron chi connectivity index (χ2n) is 2.43. The first-order chi connectivity index (χ1) is 4.81. The summed E-state index contributed by atoms with van der Waals surface area (Å²) < 4.78 is 41.2. The molecule has 1 rings (SSSR count). The first kappa shape index (κ1) is 9.19. The smallest absolute Gasteiger partial charge is 0.277 e. The van der Waals surface area contributed by atoms with Crippen molar-refractivity contribution >= 4 is 9.24 Å². The zero-order valence-electron chi connectivity index (χ0n) is 5.56. The standard InChI is InChI=1S/C4H8F3N2OP/c5-3(6)1-9(8)2-4(7,11)10-3/h1-2,8,11H2. The highest BCUT2D eigenvalue weighted by Gasteiger charge is 2.47. The number of ether oxygens (including phenoxy) is 1. The molecule has 66 valence electrons. The lowest BCUT2D eigenvalue weighted by Crippen LogP contribution is -2.56. The zero-order chi connectivity index (χ0) is 8.70. The topological polar surface area (TPSA) is 38.5 Å². The van der Waals surface area contributed by atoms with Gasteiger partial charge in [0.25, 0.3) is 0 Å². The number of halogens is 3. The van der Waals surface area contributed by atoms with E-state index >= 15 is 0 Å². The van der Waals surface area contributed by atoms with E-state index in [0.29, 0.717) is 5.01 Å². The van der Waals surface area contributed by atoms with Crippen molar-refractivity contribution in [2.75, 3.05) is 13.1 Å². The largest absolute Gasteiger partial charge is 0.372 e. The van der Waals surface area contributed by atoms with Crippen LogP contribution in [0.15, 0.2) is 0 Å². The van der Waals surface area contributed by atoms with Gasteiger partial charge >= 0.3 is 6.11 Å². The van der Waals surface area contributed by atoms with Crippen molar-refractivity contribution in [3.63, 3.8) is 0 Å². The minimum absolute atomic E-state index is 0.382.